The Bertz CT molecular complexity index is 998. The van der Waals surface area contributed by atoms with Gasteiger partial charge < -0.3 is 9.67 Å². The molecule has 1 saturated heterocycles. The molecule has 0 spiro atoms. The quantitative estimate of drug-likeness (QED) is 0.765. The molecule has 2 aromatic heterocycles. The van der Waals surface area contributed by atoms with Crippen molar-refractivity contribution in [1.82, 2.24) is 14.5 Å². The molecule has 5 heteroatoms. The summed E-state index contributed by atoms with van der Waals surface area (Å²) in [7, 11) is 0. The third kappa shape index (κ3) is 2.68. The molecule has 2 unspecified atom stereocenters. The van der Waals surface area contributed by atoms with Gasteiger partial charge in [-0.25, -0.2) is 4.39 Å². The van der Waals surface area contributed by atoms with Crippen LogP contribution in [0, 0.1) is 12.7 Å². The molecule has 27 heavy (non-hydrogen) atoms. The van der Waals surface area contributed by atoms with E-state index in [4.69, 9.17) is 0 Å². The Morgan fingerprint density at radius 2 is 2.22 bits per heavy atom. The van der Waals surface area contributed by atoms with Crippen LogP contribution in [0.5, 0.6) is 0 Å². The second-order valence-electron chi connectivity index (χ2n) is 7.86. The van der Waals surface area contributed by atoms with Crippen LogP contribution in [0.3, 0.4) is 0 Å². The topological polar surface area (TPSA) is 41.3 Å². The van der Waals surface area contributed by atoms with Gasteiger partial charge in [-0.2, -0.15) is 0 Å². The maximum absolute atomic E-state index is 15.1. The van der Waals surface area contributed by atoms with Crippen LogP contribution in [0.15, 0.2) is 36.7 Å². The van der Waals surface area contributed by atoms with Crippen LogP contribution in [0.25, 0.3) is 10.9 Å². The molecular weight excluding hydrogens is 341 g/mol. The second-order valence-corrected chi connectivity index (χ2v) is 7.86. The molecule has 0 aliphatic carbocycles. The second kappa shape index (κ2) is 6.43. The third-order valence-corrected chi connectivity index (χ3v) is 6.16. The van der Waals surface area contributed by atoms with E-state index in [9.17, 15) is 5.11 Å². The Morgan fingerprint density at radius 1 is 1.33 bits per heavy atom. The summed E-state index contributed by atoms with van der Waals surface area (Å²) in [4.78, 5) is 6.64. The fourth-order valence-electron chi connectivity index (χ4n) is 5.01. The summed E-state index contributed by atoms with van der Waals surface area (Å²) >= 11 is 0. The van der Waals surface area contributed by atoms with E-state index in [0.29, 0.717) is 18.1 Å². The predicted molar refractivity (Wildman–Crippen MR) is 103 cm³/mol. The Morgan fingerprint density at radius 3 is 3.04 bits per heavy atom. The van der Waals surface area contributed by atoms with Gasteiger partial charge in [-0.1, -0.05) is 6.07 Å². The van der Waals surface area contributed by atoms with Gasteiger partial charge in [-0.3, -0.25) is 9.88 Å². The SMILES string of the molecule is Cc1cc(F)c2c(c1)c1c(n2CC(O)c2cccnc2)CCN2CCCC12. The Kier molecular flexibility index (Phi) is 4.02. The normalized spacial score (nSPS) is 20.6. The van der Waals surface area contributed by atoms with E-state index in [1.807, 2.05) is 23.6 Å². The van der Waals surface area contributed by atoms with Gasteiger partial charge in [0.15, 0.2) is 0 Å². The maximum atomic E-state index is 15.1. The van der Waals surface area contributed by atoms with Crippen LogP contribution in [0.1, 0.15) is 47.4 Å². The van der Waals surface area contributed by atoms with Crippen LogP contribution < -0.4 is 0 Å². The summed E-state index contributed by atoms with van der Waals surface area (Å²) in [5, 5.41) is 11.8. The van der Waals surface area contributed by atoms with Gasteiger partial charge in [0, 0.05) is 48.0 Å². The molecule has 1 N–H and O–H groups in total. The first-order chi connectivity index (χ1) is 13.1. The van der Waals surface area contributed by atoms with Crippen LogP contribution in [0.4, 0.5) is 4.39 Å². The van der Waals surface area contributed by atoms with Gasteiger partial charge in [-0.15, -0.1) is 0 Å². The highest BCUT2D eigenvalue weighted by Crippen LogP contribution is 2.44. The van der Waals surface area contributed by atoms with Crippen molar-refractivity contribution < 1.29 is 9.50 Å². The third-order valence-electron chi connectivity index (χ3n) is 6.16. The first-order valence-corrected chi connectivity index (χ1v) is 9.76. The summed E-state index contributed by atoms with van der Waals surface area (Å²) in [6, 6.07) is 7.80. The number of rotatable bonds is 3. The minimum atomic E-state index is -0.708. The number of fused-ring (bicyclic) bond motifs is 5. The van der Waals surface area contributed by atoms with Crippen molar-refractivity contribution >= 4 is 10.9 Å². The molecule has 0 bridgehead atoms. The Labute approximate surface area is 158 Å². The van der Waals surface area contributed by atoms with E-state index in [-0.39, 0.29) is 5.82 Å². The zero-order valence-electron chi connectivity index (χ0n) is 15.5. The number of aryl methyl sites for hydroxylation is 1. The van der Waals surface area contributed by atoms with Gasteiger partial charge >= 0.3 is 0 Å². The smallest absolute Gasteiger partial charge is 0.147 e. The predicted octanol–water partition coefficient (Wildman–Crippen LogP) is 3.91. The van der Waals surface area contributed by atoms with Crippen LogP contribution in [-0.2, 0) is 13.0 Å². The fourth-order valence-corrected chi connectivity index (χ4v) is 5.01. The number of nitrogens with zero attached hydrogens (tertiary/aromatic N) is 3. The fraction of sp³-hybridized carbons (Fsp3) is 0.409. The van der Waals surface area contributed by atoms with Crippen LogP contribution in [-0.4, -0.2) is 32.6 Å². The van der Waals surface area contributed by atoms with E-state index in [0.717, 1.165) is 42.4 Å². The average molecular weight is 365 g/mol. The number of benzene rings is 1. The summed E-state index contributed by atoms with van der Waals surface area (Å²) in [5.74, 6) is -0.192. The van der Waals surface area contributed by atoms with E-state index < -0.39 is 6.10 Å². The van der Waals surface area contributed by atoms with E-state index >= 15 is 4.39 Å². The molecule has 2 aliphatic heterocycles. The highest BCUT2D eigenvalue weighted by Gasteiger charge is 2.36. The zero-order valence-corrected chi connectivity index (χ0v) is 15.5. The molecule has 1 fully saturated rings. The van der Waals surface area contributed by atoms with Gasteiger partial charge in [0.05, 0.1) is 18.2 Å². The van der Waals surface area contributed by atoms with Crippen LogP contribution in [0.2, 0.25) is 0 Å². The number of pyridine rings is 1. The highest BCUT2D eigenvalue weighted by molar-refractivity contribution is 5.87. The van der Waals surface area contributed by atoms with Crippen molar-refractivity contribution in [3.63, 3.8) is 0 Å². The lowest BCUT2D eigenvalue weighted by Crippen LogP contribution is -2.31. The summed E-state index contributed by atoms with van der Waals surface area (Å²) < 4.78 is 17.1. The molecule has 0 amide bonds. The number of aromatic nitrogens is 2. The lowest BCUT2D eigenvalue weighted by Gasteiger charge is -2.31. The average Bonchev–Trinajstić information content (AvgIpc) is 3.25. The largest absolute Gasteiger partial charge is 0.386 e. The molecule has 5 rings (SSSR count). The molecule has 0 saturated carbocycles. The van der Waals surface area contributed by atoms with Gasteiger partial charge in [-0.05, 0) is 55.6 Å². The molecule has 2 atom stereocenters. The molecule has 4 heterocycles. The van der Waals surface area contributed by atoms with E-state index in [1.165, 1.54) is 17.7 Å². The molecule has 140 valence electrons. The number of halogens is 1. The molecular formula is C22H24FN3O. The van der Waals surface area contributed by atoms with Gasteiger partial charge in [0.2, 0.25) is 0 Å². The Hall–Kier alpha value is -2.24. The summed E-state index contributed by atoms with van der Waals surface area (Å²) in [6.45, 7) is 4.44. The maximum Gasteiger partial charge on any atom is 0.147 e. The Balaban J connectivity index is 1.68. The number of aliphatic hydroxyl groups is 1. The van der Waals surface area contributed by atoms with Crippen LogP contribution >= 0.6 is 0 Å². The molecule has 2 aliphatic rings. The molecule has 3 aromatic rings. The highest BCUT2D eigenvalue weighted by atomic mass is 19.1. The number of aliphatic hydroxyl groups excluding tert-OH is 1. The first kappa shape index (κ1) is 16.9. The van der Waals surface area contributed by atoms with Gasteiger partial charge in [0.25, 0.3) is 0 Å². The molecule has 4 nitrogen and oxygen atoms in total. The number of hydrogen-bond donors (Lipinski definition) is 1. The van der Waals surface area contributed by atoms with Crippen molar-refractivity contribution in [3.05, 3.63) is 64.9 Å². The molecule has 1 aromatic carbocycles. The standard InChI is InChI=1S/C22H24FN3O/c1-14-10-16-21-18-5-3-8-25(18)9-6-19(21)26(22(16)17(23)11-14)13-20(27)15-4-2-7-24-12-15/h2,4,7,10-12,18,20,27H,3,5-6,8-9,13H2,1H3. The lowest BCUT2D eigenvalue weighted by atomic mass is 9.95. The summed E-state index contributed by atoms with van der Waals surface area (Å²) in [5.41, 5.74) is 4.83. The van der Waals surface area contributed by atoms with Crippen molar-refractivity contribution in [2.45, 2.75) is 44.9 Å². The first-order valence-electron chi connectivity index (χ1n) is 9.76. The van der Waals surface area contributed by atoms with E-state index in [2.05, 4.69) is 16.0 Å². The zero-order chi connectivity index (χ0) is 18.5. The van der Waals surface area contributed by atoms with Crippen molar-refractivity contribution in [1.29, 1.82) is 0 Å². The minimum Gasteiger partial charge on any atom is -0.386 e. The monoisotopic (exact) mass is 365 g/mol. The van der Waals surface area contributed by atoms with E-state index in [1.54, 1.807) is 18.5 Å². The van der Waals surface area contributed by atoms with Crippen molar-refractivity contribution in [3.8, 4) is 0 Å². The summed E-state index contributed by atoms with van der Waals surface area (Å²) in [6.07, 6.45) is 5.90. The lowest BCUT2D eigenvalue weighted by molar-refractivity contribution is 0.154. The number of hydrogen-bond acceptors (Lipinski definition) is 3. The van der Waals surface area contributed by atoms with Crippen molar-refractivity contribution in [2.24, 2.45) is 0 Å². The molecule has 0 radical (unpaired) electrons. The minimum absolute atomic E-state index is 0.192. The van der Waals surface area contributed by atoms with Crippen molar-refractivity contribution in [2.75, 3.05) is 13.1 Å². The van der Waals surface area contributed by atoms with Gasteiger partial charge in [0.1, 0.15) is 5.82 Å².